The Bertz CT molecular complexity index is 1010. The molecule has 7 heteroatoms. The first-order valence-electron chi connectivity index (χ1n) is 8.87. The van der Waals surface area contributed by atoms with Crippen LogP contribution in [0.15, 0.2) is 60.0 Å². The minimum absolute atomic E-state index is 0.252. The molecule has 3 aromatic rings. The molecule has 1 heterocycles. The molecule has 2 aromatic carbocycles. The van der Waals surface area contributed by atoms with Gasteiger partial charge in [0.15, 0.2) is 0 Å². The number of hydrogen-bond acceptors (Lipinski definition) is 4. The zero-order chi connectivity index (χ0) is 20.3. The number of hydrogen-bond donors (Lipinski definition) is 3. The van der Waals surface area contributed by atoms with E-state index in [1.165, 1.54) is 6.66 Å². The molecule has 28 heavy (non-hydrogen) atoms. The van der Waals surface area contributed by atoms with Crippen LogP contribution >= 0.6 is 18.7 Å². The average molecular weight is 414 g/mol. The van der Waals surface area contributed by atoms with Crippen LogP contribution in [-0.4, -0.2) is 23.1 Å². The molecule has 4 N–H and O–H groups in total. The number of amides is 1. The number of nitrogens with one attached hydrogen (secondary N) is 1. The zero-order valence-corrected chi connectivity index (χ0v) is 17.5. The van der Waals surface area contributed by atoms with E-state index in [9.17, 15) is 14.3 Å². The Balaban J connectivity index is 1.73. The molecule has 2 unspecified atom stereocenters. The quantitative estimate of drug-likeness (QED) is 0.387. The maximum Gasteiger partial charge on any atom is 0.255 e. The van der Waals surface area contributed by atoms with Crippen molar-refractivity contribution in [3.63, 3.8) is 0 Å². The van der Waals surface area contributed by atoms with Crippen molar-refractivity contribution in [1.29, 1.82) is 0 Å². The van der Waals surface area contributed by atoms with Crippen LogP contribution in [0.4, 0.5) is 11.4 Å². The molecule has 0 aliphatic carbocycles. The van der Waals surface area contributed by atoms with Crippen LogP contribution in [0.2, 0.25) is 0 Å². The standard InChI is InChI=1S/C21H23N2O3PS/c1-14(27(2,25)26)12-15-5-7-16(8-6-15)21(24)23-19-13-17(9-10-18(19)22)20-4-3-11-28-20/h3-11,13-14H,12,22H2,1-2H3,(H,23,24)(H,25,26). The lowest BCUT2D eigenvalue weighted by Crippen LogP contribution is -2.13. The highest BCUT2D eigenvalue weighted by Gasteiger charge is 2.21. The molecule has 5 nitrogen and oxygen atoms in total. The summed E-state index contributed by atoms with van der Waals surface area (Å²) < 4.78 is 11.7. The summed E-state index contributed by atoms with van der Waals surface area (Å²) in [6.45, 7) is 3.12. The number of carbonyl (C=O) groups is 1. The molecule has 0 aliphatic heterocycles. The Labute approximate surface area is 168 Å². The number of nitrogen functional groups attached to an aromatic ring is 1. The Morgan fingerprint density at radius 3 is 2.54 bits per heavy atom. The van der Waals surface area contributed by atoms with Gasteiger partial charge in [0, 0.05) is 22.8 Å². The van der Waals surface area contributed by atoms with Gasteiger partial charge in [0.1, 0.15) is 0 Å². The van der Waals surface area contributed by atoms with Gasteiger partial charge < -0.3 is 15.9 Å². The van der Waals surface area contributed by atoms with E-state index in [2.05, 4.69) is 5.32 Å². The van der Waals surface area contributed by atoms with E-state index in [0.29, 0.717) is 23.4 Å². The highest BCUT2D eigenvalue weighted by atomic mass is 32.1. The van der Waals surface area contributed by atoms with Gasteiger partial charge in [0.2, 0.25) is 7.37 Å². The van der Waals surface area contributed by atoms with Crippen molar-refractivity contribution >= 4 is 36.0 Å². The summed E-state index contributed by atoms with van der Waals surface area (Å²) in [6, 6.07) is 16.6. The summed E-state index contributed by atoms with van der Waals surface area (Å²) >= 11 is 1.62. The van der Waals surface area contributed by atoms with E-state index in [1.54, 1.807) is 36.5 Å². The van der Waals surface area contributed by atoms with Gasteiger partial charge in [-0.1, -0.05) is 31.2 Å². The van der Waals surface area contributed by atoms with E-state index >= 15 is 0 Å². The second-order valence-electron chi connectivity index (χ2n) is 6.93. The molecule has 0 fully saturated rings. The number of anilines is 2. The third-order valence-corrected chi connectivity index (χ3v) is 7.41. The molecule has 3 rings (SSSR count). The van der Waals surface area contributed by atoms with Crippen molar-refractivity contribution in [3.8, 4) is 10.4 Å². The van der Waals surface area contributed by atoms with Crippen LogP contribution in [0.25, 0.3) is 10.4 Å². The molecular formula is C21H23N2O3PS. The summed E-state index contributed by atoms with van der Waals surface area (Å²) in [5, 5.41) is 4.87. The first-order chi connectivity index (χ1) is 13.2. The number of nitrogens with two attached hydrogens (primary N) is 1. The SMILES string of the molecule is CC(Cc1ccc(C(=O)Nc2cc(-c3cccs3)ccc2N)cc1)P(C)(=O)O. The Morgan fingerprint density at radius 1 is 1.21 bits per heavy atom. The third kappa shape index (κ3) is 4.90. The molecule has 1 aromatic heterocycles. The van der Waals surface area contributed by atoms with Gasteiger partial charge >= 0.3 is 0 Å². The van der Waals surface area contributed by atoms with E-state index in [1.807, 2.05) is 41.8 Å². The molecule has 2 atom stereocenters. The van der Waals surface area contributed by atoms with Crippen molar-refractivity contribution < 1.29 is 14.3 Å². The second kappa shape index (κ2) is 8.31. The van der Waals surface area contributed by atoms with Gasteiger partial charge in [-0.3, -0.25) is 9.36 Å². The van der Waals surface area contributed by atoms with Crippen LogP contribution < -0.4 is 11.1 Å². The average Bonchev–Trinajstić information content (AvgIpc) is 3.18. The summed E-state index contributed by atoms with van der Waals surface area (Å²) in [5.41, 5.74) is 9.19. The molecular weight excluding hydrogens is 391 g/mol. The van der Waals surface area contributed by atoms with Crippen LogP contribution in [-0.2, 0) is 11.0 Å². The van der Waals surface area contributed by atoms with Gasteiger partial charge in [-0.15, -0.1) is 11.3 Å². The van der Waals surface area contributed by atoms with E-state index in [0.717, 1.165) is 16.0 Å². The predicted molar refractivity (Wildman–Crippen MR) is 117 cm³/mol. The monoisotopic (exact) mass is 414 g/mol. The molecule has 146 valence electrons. The van der Waals surface area contributed by atoms with Crippen molar-refractivity contribution in [3.05, 3.63) is 71.1 Å². The first kappa shape index (κ1) is 20.3. The highest BCUT2D eigenvalue weighted by Crippen LogP contribution is 2.42. The van der Waals surface area contributed by atoms with Gasteiger partial charge in [0.05, 0.1) is 11.4 Å². The molecule has 0 bridgehead atoms. The molecule has 0 radical (unpaired) electrons. The fourth-order valence-corrected chi connectivity index (χ4v) is 4.03. The van der Waals surface area contributed by atoms with E-state index < -0.39 is 7.37 Å². The smallest absolute Gasteiger partial charge is 0.255 e. The maximum absolute atomic E-state index is 12.6. The van der Waals surface area contributed by atoms with Crippen molar-refractivity contribution in [2.75, 3.05) is 17.7 Å². The first-order valence-corrected chi connectivity index (χ1v) is 11.9. The summed E-state index contributed by atoms with van der Waals surface area (Å²) in [6.07, 6.45) is 0.488. The number of carbonyl (C=O) groups excluding carboxylic acids is 1. The lowest BCUT2D eigenvalue weighted by Gasteiger charge is -2.15. The molecule has 1 amide bonds. The van der Waals surface area contributed by atoms with Crippen molar-refractivity contribution in [2.24, 2.45) is 0 Å². The molecule has 0 saturated carbocycles. The second-order valence-corrected chi connectivity index (χ2v) is 10.6. The van der Waals surface area contributed by atoms with Crippen LogP contribution in [0.3, 0.4) is 0 Å². The van der Waals surface area contributed by atoms with Gasteiger partial charge in [-0.05, 0) is 53.3 Å². The van der Waals surface area contributed by atoms with Crippen LogP contribution in [0.5, 0.6) is 0 Å². The number of thiophene rings is 1. The van der Waals surface area contributed by atoms with Gasteiger partial charge in [0.25, 0.3) is 5.91 Å². The topological polar surface area (TPSA) is 92.4 Å². The molecule has 0 spiro atoms. The Kier molecular flexibility index (Phi) is 6.04. The Hall–Kier alpha value is -2.40. The zero-order valence-electron chi connectivity index (χ0n) is 15.8. The summed E-state index contributed by atoms with van der Waals surface area (Å²) in [5.74, 6) is -0.252. The lowest BCUT2D eigenvalue weighted by atomic mass is 10.1. The number of benzene rings is 2. The van der Waals surface area contributed by atoms with Crippen LogP contribution in [0, 0.1) is 0 Å². The minimum Gasteiger partial charge on any atom is -0.397 e. The number of rotatable bonds is 6. The normalized spacial score (nSPS) is 14.2. The highest BCUT2D eigenvalue weighted by molar-refractivity contribution is 7.57. The minimum atomic E-state index is -3.12. The van der Waals surface area contributed by atoms with E-state index in [4.69, 9.17) is 5.73 Å². The molecule has 0 saturated heterocycles. The fourth-order valence-electron chi connectivity index (χ4n) is 2.76. The predicted octanol–water partition coefficient (Wildman–Crippen LogP) is 5.08. The maximum atomic E-state index is 12.6. The van der Waals surface area contributed by atoms with Crippen molar-refractivity contribution in [2.45, 2.75) is 19.0 Å². The summed E-state index contributed by atoms with van der Waals surface area (Å²) in [7, 11) is -3.12. The van der Waals surface area contributed by atoms with Crippen LogP contribution in [0.1, 0.15) is 22.8 Å². The van der Waals surface area contributed by atoms with E-state index in [-0.39, 0.29) is 11.6 Å². The fraction of sp³-hybridized carbons (Fsp3) is 0.190. The summed E-state index contributed by atoms with van der Waals surface area (Å²) in [4.78, 5) is 23.4. The van der Waals surface area contributed by atoms with Gasteiger partial charge in [-0.25, -0.2) is 0 Å². The third-order valence-electron chi connectivity index (χ3n) is 4.67. The van der Waals surface area contributed by atoms with Crippen molar-refractivity contribution in [1.82, 2.24) is 0 Å². The lowest BCUT2D eigenvalue weighted by molar-refractivity contribution is 0.102. The van der Waals surface area contributed by atoms with Gasteiger partial charge in [-0.2, -0.15) is 0 Å². The largest absolute Gasteiger partial charge is 0.397 e. The molecule has 0 aliphatic rings. The Morgan fingerprint density at radius 2 is 1.93 bits per heavy atom.